The van der Waals surface area contributed by atoms with Crippen molar-refractivity contribution < 1.29 is 0 Å². The van der Waals surface area contributed by atoms with Gasteiger partial charge in [-0.25, -0.2) is 4.99 Å². The number of benzene rings is 4. The smallest absolute Gasteiger partial charge is 0.150 e. The van der Waals surface area contributed by atoms with E-state index in [2.05, 4.69) is 123 Å². The van der Waals surface area contributed by atoms with Crippen LogP contribution in [-0.4, -0.2) is 13.0 Å². The molecule has 0 spiro atoms. The first-order valence-corrected chi connectivity index (χ1v) is 11.1. The zero-order chi connectivity index (χ0) is 21.0. The van der Waals surface area contributed by atoms with Crippen LogP contribution in [0.2, 0.25) is 0 Å². The zero-order valence-corrected chi connectivity index (χ0v) is 18.6. The summed E-state index contributed by atoms with van der Waals surface area (Å²) >= 11 is 3.51. The van der Waals surface area contributed by atoms with Gasteiger partial charge in [0.25, 0.3) is 0 Å². The van der Waals surface area contributed by atoms with Crippen molar-refractivity contribution in [3.8, 4) is 11.1 Å². The molecule has 0 amide bonds. The van der Waals surface area contributed by atoms with Gasteiger partial charge >= 0.3 is 0 Å². The first-order valence-electron chi connectivity index (χ1n) is 10.3. The first kappa shape index (κ1) is 19.6. The minimum absolute atomic E-state index is 0.0682. The van der Waals surface area contributed by atoms with Crippen molar-refractivity contribution in [2.45, 2.75) is 6.17 Å². The summed E-state index contributed by atoms with van der Waals surface area (Å²) in [7, 11) is 0. The van der Waals surface area contributed by atoms with Crippen LogP contribution in [0.3, 0.4) is 0 Å². The molecule has 1 aliphatic heterocycles. The van der Waals surface area contributed by atoms with E-state index in [0.717, 1.165) is 22.5 Å². The van der Waals surface area contributed by atoms with Gasteiger partial charge in [-0.15, -0.1) is 0 Å². The molecule has 31 heavy (non-hydrogen) atoms. The standard InChI is InChI=1S/C27H22BrN3/c28-24-17-15-22(16-18-24)21-11-13-23(14-12-21)27-29-19-30(25-7-3-1-4-8-25)20-31(27)26-9-5-2-6-10-26/h1-19,27H,20H2. The summed E-state index contributed by atoms with van der Waals surface area (Å²) in [6, 6.07) is 38.0. The first-order chi connectivity index (χ1) is 15.3. The molecule has 0 aromatic heterocycles. The molecule has 0 saturated heterocycles. The molecule has 4 aromatic rings. The van der Waals surface area contributed by atoms with Gasteiger partial charge in [-0.05, 0) is 53.1 Å². The molecule has 1 heterocycles. The van der Waals surface area contributed by atoms with Crippen molar-refractivity contribution in [3.05, 3.63) is 119 Å². The van der Waals surface area contributed by atoms with Gasteiger partial charge in [0.15, 0.2) is 0 Å². The second-order valence-electron chi connectivity index (χ2n) is 7.52. The van der Waals surface area contributed by atoms with Crippen LogP contribution in [0.15, 0.2) is 119 Å². The van der Waals surface area contributed by atoms with Crippen molar-refractivity contribution in [1.82, 2.24) is 0 Å². The van der Waals surface area contributed by atoms with E-state index < -0.39 is 0 Å². The summed E-state index contributed by atoms with van der Waals surface area (Å²) in [5.74, 6) is 0. The van der Waals surface area contributed by atoms with Gasteiger partial charge in [0.1, 0.15) is 6.17 Å². The largest absolute Gasteiger partial charge is 0.328 e. The van der Waals surface area contributed by atoms with Gasteiger partial charge in [-0.2, -0.15) is 0 Å². The lowest BCUT2D eigenvalue weighted by atomic mass is 10.0. The Morgan fingerprint density at radius 3 is 1.81 bits per heavy atom. The van der Waals surface area contributed by atoms with Gasteiger partial charge in [0.2, 0.25) is 0 Å². The van der Waals surface area contributed by atoms with Crippen LogP contribution < -0.4 is 9.80 Å². The predicted octanol–water partition coefficient (Wildman–Crippen LogP) is 7.13. The van der Waals surface area contributed by atoms with Gasteiger partial charge in [-0.3, -0.25) is 0 Å². The van der Waals surface area contributed by atoms with Gasteiger partial charge in [0, 0.05) is 15.8 Å². The summed E-state index contributed by atoms with van der Waals surface area (Å²) in [6.07, 6.45) is 1.89. The molecule has 0 aliphatic carbocycles. The van der Waals surface area contributed by atoms with E-state index in [9.17, 15) is 0 Å². The highest BCUT2D eigenvalue weighted by Gasteiger charge is 2.25. The number of anilines is 2. The summed E-state index contributed by atoms with van der Waals surface area (Å²) in [4.78, 5) is 9.47. The van der Waals surface area contributed by atoms with Gasteiger partial charge in [0.05, 0.1) is 13.0 Å². The fourth-order valence-electron chi connectivity index (χ4n) is 3.87. The minimum Gasteiger partial charge on any atom is -0.328 e. The molecule has 1 atom stereocenters. The SMILES string of the molecule is Brc1ccc(-c2ccc(C3N=CN(c4ccccc4)CN3c3ccccc3)cc2)cc1. The van der Waals surface area contributed by atoms with Crippen molar-refractivity contribution >= 4 is 33.6 Å². The average Bonchev–Trinajstić information content (AvgIpc) is 2.85. The number of aliphatic imine (C=N–C) groups is 1. The molecule has 4 heteroatoms. The van der Waals surface area contributed by atoms with Gasteiger partial charge < -0.3 is 9.80 Å². The lowest BCUT2D eigenvalue weighted by Gasteiger charge is -2.39. The Hall–Kier alpha value is -3.37. The average molecular weight is 468 g/mol. The van der Waals surface area contributed by atoms with Crippen LogP contribution in [0, 0.1) is 0 Å². The fraction of sp³-hybridized carbons (Fsp3) is 0.0741. The van der Waals surface area contributed by atoms with E-state index >= 15 is 0 Å². The maximum Gasteiger partial charge on any atom is 0.150 e. The Morgan fingerprint density at radius 2 is 1.19 bits per heavy atom. The lowest BCUT2D eigenvalue weighted by molar-refractivity contribution is 0.631. The molecule has 3 nitrogen and oxygen atoms in total. The van der Waals surface area contributed by atoms with Gasteiger partial charge in [-0.1, -0.05) is 88.7 Å². The normalized spacial score (nSPS) is 15.8. The summed E-state index contributed by atoms with van der Waals surface area (Å²) in [5.41, 5.74) is 5.87. The number of hydrogen-bond acceptors (Lipinski definition) is 3. The van der Waals surface area contributed by atoms with Crippen molar-refractivity contribution in [1.29, 1.82) is 0 Å². The third-order valence-electron chi connectivity index (χ3n) is 5.51. The number of hydrogen-bond donors (Lipinski definition) is 0. The van der Waals surface area contributed by atoms with Crippen LogP contribution >= 0.6 is 15.9 Å². The quantitative estimate of drug-likeness (QED) is 0.317. The van der Waals surface area contributed by atoms with E-state index in [1.165, 1.54) is 16.7 Å². The molecular formula is C27H22BrN3. The Bertz CT molecular complexity index is 1160. The van der Waals surface area contributed by atoms with E-state index in [4.69, 9.17) is 4.99 Å². The minimum atomic E-state index is -0.0682. The summed E-state index contributed by atoms with van der Waals surface area (Å²) < 4.78 is 1.09. The predicted molar refractivity (Wildman–Crippen MR) is 134 cm³/mol. The lowest BCUT2D eigenvalue weighted by Crippen LogP contribution is -2.43. The number of para-hydroxylation sites is 2. The molecule has 0 saturated carbocycles. The third kappa shape index (κ3) is 4.25. The van der Waals surface area contributed by atoms with Crippen molar-refractivity contribution in [2.75, 3.05) is 16.5 Å². The highest BCUT2D eigenvalue weighted by molar-refractivity contribution is 9.10. The van der Waals surface area contributed by atoms with E-state index in [-0.39, 0.29) is 6.17 Å². The Morgan fingerprint density at radius 1 is 0.645 bits per heavy atom. The van der Waals surface area contributed by atoms with Crippen LogP contribution in [0.25, 0.3) is 11.1 Å². The maximum absolute atomic E-state index is 4.95. The second kappa shape index (κ2) is 8.78. The molecule has 1 aliphatic rings. The van der Waals surface area contributed by atoms with Crippen molar-refractivity contribution in [2.24, 2.45) is 4.99 Å². The highest BCUT2D eigenvalue weighted by Crippen LogP contribution is 2.33. The molecule has 4 aromatic carbocycles. The fourth-order valence-corrected chi connectivity index (χ4v) is 4.13. The summed E-state index contributed by atoms with van der Waals surface area (Å²) in [5, 5.41) is 0. The Balaban J connectivity index is 1.48. The highest BCUT2D eigenvalue weighted by atomic mass is 79.9. The molecule has 0 N–H and O–H groups in total. The van der Waals surface area contributed by atoms with Crippen LogP contribution in [-0.2, 0) is 0 Å². The molecule has 152 valence electrons. The Labute approximate surface area is 191 Å². The van der Waals surface area contributed by atoms with E-state index in [0.29, 0.717) is 0 Å². The maximum atomic E-state index is 4.95. The number of halogens is 1. The van der Waals surface area contributed by atoms with Crippen LogP contribution in [0.1, 0.15) is 11.7 Å². The monoisotopic (exact) mass is 467 g/mol. The second-order valence-corrected chi connectivity index (χ2v) is 8.43. The zero-order valence-electron chi connectivity index (χ0n) is 17.0. The molecule has 0 bridgehead atoms. The summed E-state index contributed by atoms with van der Waals surface area (Å²) in [6.45, 7) is 0.733. The number of rotatable bonds is 4. The van der Waals surface area contributed by atoms with E-state index in [1.54, 1.807) is 0 Å². The molecule has 1 unspecified atom stereocenters. The number of nitrogens with zero attached hydrogens (tertiary/aromatic N) is 3. The van der Waals surface area contributed by atoms with E-state index in [1.807, 2.05) is 18.5 Å². The topological polar surface area (TPSA) is 18.8 Å². The van der Waals surface area contributed by atoms with Crippen LogP contribution in [0.5, 0.6) is 0 Å². The van der Waals surface area contributed by atoms with Crippen molar-refractivity contribution in [3.63, 3.8) is 0 Å². The van der Waals surface area contributed by atoms with Crippen LogP contribution in [0.4, 0.5) is 11.4 Å². The molecule has 0 fully saturated rings. The molecule has 0 radical (unpaired) electrons. The Kier molecular flexibility index (Phi) is 5.55. The molecule has 5 rings (SSSR count). The molecular weight excluding hydrogens is 446 g/mol. The third-order valence-corrected chi connectivity index (χ3v) is 6.04.